The van der Waals surface area contributed by atoms with E-state index in [1.54, 1.807) is 12.1 Å². The molecule has 1 atom stereocenters. The van der Waals surface area contributed by atoms with Crippen molar-refractivity contribution in [3.05, 3.63) is 35.9 Å². The molecule has 1 amide bonds. The molecule has 1 N–H and O–H groups in total. The minimum absolute atomic E-state index is 0.0525. The minimum atomic E-state index is -1.43. The molecule has 1 aromatic carbocycles. The first-order valence-electron chi connectivity index (χ1n) is 6.17. The van der Waals surface area contributed by atoms with Crippen LogP contribution in [-0.2, 0) is 20.9 Å². The van der Waals surface area contributed by atoms with Crippen LogP contribution in [-0.4, -0.2) is 39.9 Å². The monoisotopic (exact) mass is 277 g/mol. The number of benzene rings is 1. The van der Waals surface area contributed by atoms with E-state index >= 15 is 0 Å². The van der Waals surface area contributed by atoms with Gasteiger partial charge in [-0.3, -0.25) is 9.69 Å². The van der Waals surface area contributed by atoms with Gasteiger partial charge in [-0.05, 0) is 12.5 Å². The molecule has 6 nitrogen and oxygen atoms in total. The van der Waals surface area contributed by atoms with E-state index < -0.39 is 17.6 Å². The van der Waals surface area contributed by atoms with E-state index in [1.165, 1.54) is 6.92 Å². The highest BCUT2D eigenvalue weighted by Crippen LogP contribution is 2.28. The second-order valence-corrected chi connectivity index (χ2v) is 4.92. The topological polar surface area (TPSA) is 83.9 Å². The van der Waals surface area contributed by atoms with Gasteiger partial charge < -0.3 is 9.84 Å². The molecule has 1 heterocycles. The summed E-state index contributed by atoms with van der Waals surface area (Å²) >= 11 is 0. The van der Waals surface area contributed by atoms with Gasteiger partial charge >= 0.3 is 12.1 Å². The van der Waals surface area contributed by atoms with Crippen molar-refractivity contribution in [2.24, 2.45) is 0 Å². The Morgan fingerprint density at radius 1 is 1.35 bits per heavy atom. The molecule has 0 radical (unpaired) electrons. The second-order valence-electron chi connectivity index (χ2n) is 4.92. The summed E-state index contributed by atoms with van der Waals surface area (Å²) in [6.45, 7) is 1.20. The lowest BCUT2D eigenvalue weighted by Crippen LogP contribution is -2.51. The highest BCUT2D eigenvalue weighted by atomic mass is 16.5. The Morgan fingerprint density at radius 2 is 2.00 bits per heavy atom. The van der Waals surface area contributed by atoms with Crippen LogP contribution in [0.15, 0.2) is 30.3 Å². The number of nitrogens with zero attached hydrogens (tertiary/aromatic N) is 1. The van der Waals surface area contributed by atoms with Gasteiger partial charge in [0.1, 0.15) is 12.1 Å². The van der Waals surface area contributed by atoms with Crippen LogP contribution in [0.5, 0.6) is 0 Å². The van der Waals surface area contributed by atoms with E-state index in [4.69, 9.17) is 9.84 Å². The third-order valence-electron chi connectivity index (χ3n) is 3.36. The molecule has 0 aromatic heterocycles. The summed E-state index contributed by atoms with van der Waals surface area (Å²) in [5, 5.41) is 9.07. The first-order chi connectivity index (χ1) is 9.43. The van der Waals surface area contributed by atoms with E-state index in [0.29, 0.717) is 0 Å². The SMILES string of the molecule is CC1(C(=O)OCc2ccccc2)CC(=O)CN1C(=O)O. The molecular weight excluding hydrogens is 262 g/mol. The van der Waals surface area contributed by atoms with Gasteiger partial charge in [0, 0.05) is 6.42 Å². The van der Waals surface area contributed by atoms with E-state index in [2.05, 4.69) is 0 Å². The summed E-state index contributed by atoms with van der Waals surface area (Å²) in [7, 11) is 0. The smallest absolute Gasteiger partial charge is 0.408 e. The molecule has 106 valence electrons. The maximum atomic E-state index is 12.1. The molecule has 0 bridgehead atoms. The Balaban J connectivity index is 2.07. The minimum Gasteiger partial charge on any atom is -0.465 e. The van der Waals surface area contributed by atoms with E-state index in [9.17, 15) is 14.4 Å². The van der Waals surface area contributed by atoms with Crippen LogP contribution >= 0.6 is 0 Å². The summed E-state index contributed by atoms with van der Waals surface area (Å²) in [4.78, 5) is 35.5. The van der Waals surface area contributed by atoms with Crippen LogP contribution in [0.3, 0.4) is 0 Å². The largest absolute Gasteiger partial charge is 0.465 e. The number of Topliss-reactive ketones (excluding diaryl/α,β-unsaturated/α-hetero) is 1. The normalized spacial score (nSPS) is 21.9. The Morgan fingerprint density at radius 3 is 2.60 bits per heavy atom. The van der Waals surface area contributed by atoms with Crippen molar-refractivity contribution in [1.29, 1.82) is 0 Å². The van der Waals surface area contributed by atoms with Gasteiger partial charge in [0.05, 0.1) is 6.54 Å². The lowest BCUT2D eigenvalue weighted by Gasteiger charge is -2.29. The molecule has 0 saturated carbocycles. The maximum Gasteiger partial charge on any atom is 0.408 e. The predicted molar refractivity (Wildman–Crippen MR) is 69.0 cm³/mol. The lowest BCUT2D eigenvalue weighted by atomic mass is 9.99. The molecule has 2 rings (SSSR count). The molecule has 6 heteroatoms. The average molecular weight is 277 g/mol. The number of carbonyl (C=O) groups is 3. The fourth-order valence-corrected chi connectivity index (χ4v) is 2.23. The first kappa shape index (κ1) is 14.0. The second kappa shape index (κ2) is 5.32. The zero-order valence-electron chi connectivity index (χ0n) is 11.0. The number of hydrogen-bond acceptors (Lipinski definition) is 4. The summed E-state index contributed by atoms with van der Waals surface area (Å²) < 4.78 is 5.15. The summed E-state index contributed by atoms with van der Waals surface area (Å²) in [6, 6.07) is 9.06. The van der Waals surface area contributed by atoms with Crippen LogP contribution in [0.4, 0.5) is 4.79 Å². The molecule has 0 spiro atoms. The van der Waals surface area contributed by atoms with Gasteiger partial charge in [-0.1, -0.05) is 30.3 Å². The molecule has 0 aliphatic carbocycles. The van der Waals surface area contributed by atoms with Crippen molar-refractivity contribution in [1.82, 2.24) is 4.90 Å². The van der Waals surface area contributed by atoms with Crippen molar-refractivity contribution in [3.8, 4) is 0 Å². The zero-order valence-corrected chi connectivity index (χ0v) is 11.0. The zero-order chi connectivity index (χ0) is 14.8. The van der Waals surface area contributed by atoms with Crippen molar-refractivity contribution < 1.29 is 24.2 Å². The molecule has 1 saturated heterocycles. The van der Waals surface area contributed by atoms with Crippen LogP contribution in [0.1, 0.15) is 18.9 Å². The van der Waals surface area contributed by atoms with Crippen molar-refractivity contribution >= 4 is 17.8 Å². The fourth-order valence-electron chi connectivity index (χ4n) is 2.23. The fraction of sp³-hybridized carbons (Fsp3) is 0.357. The number of ether oxygens (including phenoxy) is 1. The number of esters is 1. The van der Waals surface area contributed by atoms with Crippen LogP contribution < -0.4 is 0 Å². The van der Waals surface area contributed by atoms with Crippen LogP contribution in [0.25, 0.3) is 0 Å². The number of amides is 1. The Labute approximate surface area is 115 Å². The van der Waals surface area contributed by atoms with Gasteiger partial charge in [-0.15, -0.1) is 0 Å². The lowest BCUT2D eigenvalue weighted by molar-refractivity contribution is -0.156. The van der Waals surface area contributed by atoms with E-state index in [1.807, 2.05) is 18.2 Å². The third-order valence-corrected chi connectivity index (χ3v) is 3.36. The van der Waals surface area contributed by atoms with Gasteiger partial charge in [-0.2, -0.15) is 0 Å². The predicted octanol–water partition coefficient (Wildman–Crippen LogP) is 1.44. The van der Waals surface area contributed by atoms with Crippen molar-refractivity contribution in [2.75, 3.05) is 6.54 Å². The number of ketones is 1. The molecular formula is C14H15NO5. The number of rotatable bonds is 3. The maximum absolute atomic E-state index is 12.1. The van der Waals surface area contributed by atoms with Gasteiger partial charge in [0.2, 0.25) is 0 Å². The van der Waals surface area contributed by atoms with Crippen molar-refractivity contribution in [3.63, 3.8) is 0 Å². The summed E-state index contributed by atoms with van der Waals surface area (Å²) in [5.41, 5.74) is -0.631. The van der Waals surface area contributed by atoms with Crippen LogP contribution in [0, 0.1) is 0 Å². The summed E-state index contributed by atoms with van der Waals surface area (Å²) in [6.07, 6.45) is -1.44. The number of carbonyl (C=O) groups excluding carboxylic acids is 2. The van der Waals surface area contributed by atoms with Crippen LogP contribution in [0.2, 0.25) is 0 Å². The molecule has 20 heavy (non-hydrogen) atoms. The molecule has 1 fully saturated rings. The Hall–Kier alpha value is -2.37. The average Bonchev–Trinajstić information content (AvgIpc) is 2.74. The standard InChI is InChI=1S/C14H15NO5/c1-14(7-11(16)8-15(14)13(18)19)12(17)20-9-10-5-3-2-4-6-10/h2-6H,7-9H2,1H3,(H,18,19). The van der Waals surface area contributed by atoms with Crippen molar-refractivity contribution in [2.45, 2.75) is 25.5 Å². The number of hydrogen-bond donors (Lipinski definition) is 1. The number of carboxylic acid groups (broad SMARTS) is 1. The Bertz CT molecular complexity index is 542. The van der Waals surface area contributed by atoms with Gasteiger partial charge in [0.25, 0.3) is 0 Å². The van der Waals surface area contributed by atoms with Gasteiger partial charge in [0.15, 0.2) is 5.78 Å². The third kappa shape index (κ3) is 2.64. The number of likely N-dealkylation sites (tertiary alicyclic amines) is 1. The molecule has 1 aliphatic rings. The molecule has 1 aliphatic heterocycles. The highest BCUT2D eigenvalue weighted by molar-refractivity contribution is 5.98. The highest BCUT2D eigenvalue weighted by Gasteiger charge is 2.51. The quantitative estimate of drug-likeness (QED) is 0.845. The van der Waals surface area contributed by atoms with E-state index in [-0.39, 0.29) is 25.4 Å². The Kier molecular flexibility index (Phi) is 3.74. The summed E-state index contributed by atoms with van der Waals surface area (Å²) in [5.74, 6) is -0.985. The first-order valence-corrected chi connectivity index (χ1v) is 6.17. The van der Waals surface area contributed by atoms with E-state index in [0.717, 1.165) is 10.5 Å². The van der Waals surface area contributed by atoms with Gasteiger partial charge in [-0.25, -0.2) is 9.59 Å². The molecule has 1 aromatic rings. The molecule has 1 unspecified atom stereocenters.